The fourth-order valence-corrected chi connectivity index (χ4v) is 4.33. The summed E-state index contributed by atoms with van der Waals surface area (Å²) in [4.78, 5) is 12.8. The summed E-state index contributed by atoms with van der Waals surface area (Å²) in [6, 6.07) is 0. The third-order valence-electron chi connectivity index (χ3n) is 5.96. The van der Waals surface area contributed by atoms with E-state index >= 15 is 0 Å². The molecule has 2 rings (SSSR count). The molecular weight excluding hydrogens is 292 g/mol. The van der Waals surface area contributed by atoms with Gasteiger partial charge in [0, 0.05) is 11.8 Å². The van der Waals surface area contributed by atoms with Gasteiger partial charge in [0.25, 0.3) is 0 Å². The number of allylic oxidation sites excluding steroid dienone is 1. The summed E-state index contributed by atoms with van der Waals surface area (Å²) in [5.41, 5.74) is -0.732. The minimum absolute atomic E-state index is 0.0489. The maximum atomic E-state index is 12.8. The van der Waals surface area contributed by atoms with E-state index in [0.29, 0.717) is 12.8 Å². The van der Waals surface area contributed by atoms with Crippen LogP contribution in [0.25, 0.3) is 0 Å². The number of rotatable bonds is 0. The van der Waals surface area contributed by atoms with Crippen molar-refractivity contribution in [2.75, 3.05) is 0 Å². The van der Waals surface area contributed by atoms with Crippen molar-refractivity contribution in [2.45, 2.75) is 77.1 Å². The van der Waals surface area contributed by atoms with Crippen LogP contribution >= 0.6 is 0 Å². The number of hydrogen-bond acceptors (Lipinski definition) is 4. The molecule has 23 heavy (non-hydrogen) atoms. The number of fused-ring (bicyclic) bond motifs is 2. The maximum Gasteiger partial charge on any atom is 0.171 e. The summed E-state index contributed by atoms with van der Waals surface area (Å²) in [5.74, 6) is -0.211. The van der Waals surface area contributed by atoms with E-state index < -0.39 is 23.2 Å². The summed E-state index contributed by atoms with van der Waals surface area (Å²) in [6.07, 6.45) is 3.32. The monoisotopic (exact) mass is 322 g/mol. The first-order valence-electron chi connectivity index (χ1n) is 8.54. The molecule has 0 heterocycles. The van der Waals surface area contributed by atoms with Crippen LogP contribution in [0.5, 0.6) is 0 Å². The van der Waals surface area contributed by atoms with Crippen molar-refractivity contribution < 1.29 is 20.1 Å². The summed E-state index contributed by atoms with van der Waals surface area (Å²) in [7, 11) is 0. The number of Topliss-reactive ketones (excluding diaryl/α,β-unsaturated/α-hetero) is 1. The van der Waals surface area contributed by atoms with Crippen molar-refractivity contribution >= 4 is 5.78 Å². The molecule has 1 fully saturated rings. The van der Waals surface area contributed by atoms with Crippen LogP contribution < -0.4 is 0 Å². The fraction of sp³-hybridized carbons (Fsp3) is 0.737. The molecule has 130 valence electrons. The highest BCUT2D eigenvalue weighted by molar-refractivity contribution is 5.90. The highest BCUT2D eigenvalue weighted by Gasteiger charge is 2.59. The third-order valence-corrected chi connectivity index (χ3v) is 5.96. The SMILES string of the molecule is C=C1CC[C@@H]2CC[C@H](O)[C@@](O)(C(=O)C/C(C)=C/[C@@H](O)C1)C2(C)C. The first-order chi connectivity index (χ1) is 10.6. The Morgan fingerprint density at radius 3 is 2.52 bits per heavy atom. The van der Waals surface area contributed by atoms with Gasteiger partial charge in [0.2, 0.25) is 0 Å². The van der Waals surface area contributed by atoms with E-state index in [9.17, 15) is 20.1 Å². The quantitative estimate of drug-likeness (QED) is 0.599. The smallest absolute Gasteiger partial charge is 0.171 e. The summed E-state index contributed by atoms with van der Waals surface area (Å²) >= 11 is 0. The number of carbonyl (C=O) groups excluding carboxylic acids is 1. The van der Waals surface area contributed by atoms with Crippen LogP contribution in [-0.2, 0) is 4.79 Å². The number of aliphatic hydroxyl groups excluding tert-OH is 2. The Hall–Kier alpha value is -0.970. The highest BCUT2D eigenvalue weighted by atomic mass is 16.4. The fourth-order valence-electron chi connectivity index (χ4n) is 4.33. The Bertz CT molecular complexity index is 519. The van der Waals surface area contributed by atoms with Gasteiger partial charge in [-0.3, -0.25) is 4.79 Å². The van der Waals surface area contributed by atoms with Crippen LogP contribution in [0.2, 0.25) is 0 Å². The minimum atomic E-state index is -1.74. The summed E-state index contributed by atoms with van der Waals surface area (Å²) in [6.45, 7) is 9.61. The van der Waals surface area contributed by atoms with Crippen LogP contribution in [0, 0.1) is 11.3 Å². The second-order valence-electron chi connectivity index (χ2n) is 7.95. The Labute approximate surface area is 138 Å². The topological polar surface area (TPSA) is 77.8 Å². The number of ketones is 1. The molecule has 0 unspecified atom stereocenters. The highest BCUT2D eigenvalue weighted by Crippen LogP contribution is 2.51. The first-order valence-corrected chi connectivity index (χ1v) is 8.54. The van der Waals surface area contributed by atoms with Crippen LogP contribution in [0.1, 0.15) is 59.3 Å². The van der Waals surface area contributed by atoms with Crippen molar-refractivity contribution in [3.63, 3.8) is 0 Å². The molecule has 2 bridgehead atoms. The molecule has 2 aliphatic carbocycles. The average Bonchev–Trinajstić information content (AvgIpc) is 2.42. The zero-order chi connectivity index (χ0) is 17.4. The van der Waals surface area contributed by atoms with Crippen molar-refractivity contribution in [3.8, 4) is 0 Å². The molecule has 1 saturated carbocycles. The molecule has 0 aromatic carbocycles. The lowest BCUT2D eigenvalue weighted by Gasteiger charge is -2.53. The Balaban J connectivity index is 2.44. The molecule has 0 aromatic heterocycles. The molecule has 0 spiro atoms. The van der Waals surface area contributed by atoms with Crippen LogP contribution in [0.4, 0.5) is 0 Å². The molecule has 0 aromatic rings. The normalized spacial score (nSPS) is 41.5. The molecule has 0 amide bonds. The van der Waals surface area contributed by atoms with E-state index in [2.05, 4.69) is 6.58 Å². The molecule has 0 saturated heterocycles. The minimum Gasteiger partial charge on any atom is -0.390 e. The molecule has 4 nitrogen and oxygen atoms in total. The van der Waals surface area contributed by atoms with E-state index in [0.717, 1.165) is 30.4 Å². The summed E-state index contributed by atoms with van der Waals surface area (Å²) in [5, 5.41) is 31.7. The van der Waals surface area contributed by atoms with Crippen molar-refractivity contribution in [1.82, 2.24) is 0 Å². The van der Waals surface area contributed by atoms with Crippen LogP contribution in [0.3, 0.4) is 0 Å². The molecule has 4 atom stereocenters. The lowest BCUT2D eigenvalue weighted by atomic mass is 9.55. The maximum absolute atomic E-state index is 12.8. The molecule has 4 heteroatoms. The molecule has 0 radical (unpaired) electrons. The van der Waals surface area contributed by atoms with Gasteiger partial charge in [0.15, 0.2) is 11.4 Å². The zero-order valence-corrected chi connectivity index (χ0v) is 14.5. The largest absolute Gasteiger partial charge is 0.390 e. The van der Waals surface area contributed by atoms with Gasteiger partial charge in [0.05, 0.1) is 12.2 Å². The standard InChI is InChI=1S/C19H30O4/c1-12-5-6-14-7-8-16(21)19(23,18(14,3)4)17(22)11-13(2)10-15(20)9-12/h10,14-16,20-21,23H,1,5-9,11H2,2-4H3/b13-10+/t14-,15+,16+,19-/m1/s1. The lowest BCUT2D eigenvalue weighted by molar-refractivity contribution is -0.198. The number of aliphatic hydroxyl groups is 3. The van der Waals surface area contributed by atoms with Crippen molar-refractivity contribution in [2.24, 2.45) is 11.3 Å². The van der Waals surface area contributed by atoms with Gasteiger partial charge in [-0.2, -0.15) is 0 Å². The zero-order valence-electron chi connectivity index (χ0n) is 14.5. The predicted octanol–water partition coefficient (Wildman–Crippen LogP) is 2.52. The van der Waals surface area contributed by atoms with E-state index in [4.69, 9.17) is 0 Å². The van der Waals surface area contributed by atoms with Gasteiger partial charge in [-0.25, -0.2) is 0 Å². The van der Waals surface area contributed by atoms with E-state index in [1.807, 2.05) is 13.8 Å². The van der Waals surface area contributed by atoms with Crippen LogP contribution in [-0.4, -0.2) is 38.9 Å². The number of carbonyl (C=O) groups is 1. The van der Waals surface area contributed by atoms with Crippen molar-refractivity contribution in [1.29, 1.82) is 0 Å². The molecular formula is C19H30O4. The van der Waals surface area contributed by atoms with Gasteiger partial charge < -0.3 is 15.3 Å². The Kier molecular flexibility index (Phi) is 5.19. The van der Waals surface area contributed by atoms with E-state index in [1.54, 1.807) is 13.0 Å². The molecule has 2 aliphatic rings. The van der Waals surface area contributed by atoms with Gasteiger partial charge in [-0.15, -0.1) is 0 Å². The molecule has 0 aliphatic heterocycles. The Morgan fingerprint density at radius 1 is 1.22 bits per heavy atom. The number of hydrogen-bond donors (Lipinski definition) is 3. The summed E-state index contributed by atoms with van der Waals surface area (Å²) < 4.78 is 0. The van der Waals surface area contributed by atoms with Gasteiger partial charge >= 0.3 is 0 Å². The third kappa shape index (κ3) is 3.30. The van der Waals surface area contributed by atoms with E-state index in [-0.39, 0.29) is 18.1 Å². The molecule has 3 N–H and O–H groups in total. The second kappa shape index (κ2) is 6.50. The predicted molar refractivity (Wildman–Crippen MR) is 89.8 cm³/mol. The average molecular weight is 322 g/mol. The first kappa shape index (κ1) is 18.4. The van der Waals surface area contributed by atoms with Gasteiger partial charge in [-0.1, -0.05) is 37.6 Å². The lowest BCUT2D eigenvalue weighted by Crippen LogP contribution is -2.64. The second-order valence-corrected chi connectivity index (χ2v) is 7.95. The Morgan fingerprint density at radius 2 is 1.87 bits per heavy atom. The van der Waals surface area contributed by atoms with Gasteiger partial charge in [-0.05, 0) is 44.9 Å². The van der Waals surface area contributed by atoms with Crippen LogP contribution in [0.15, 0.2) is 23.8 Å². The van der Waals surface area contributed by atoms with E-state index in [1.165, 1.54) is 0 Å². The van der Waals surface area contributed by atoms with Crippen molar-refractivity contribution in [3.05, 3.63) is 23.8 Å². The van der Waals surface area contributed by atoms with Gasteiger partial charge in [0.1, 0.15) is 0 Å².